The molecule has 1 aliphatic heterocycles. The number of likely N-dealkylation sites (tertiary alicyclic amines) is 1. The first-order chi connectivity index (χ1) is 15.1. The van der Waals surface area contributed by atoms with Crippen molar-refractivity contribution in [2.45, 2.75) is 59.8 Å². The molecule has 1 aliphatic carbocycles. The van der Waals surface area contributed by atoms with E-state index in [-0.39, 0.29) is 16.9 Å². The molecule has 0 bridgehead atoms. The molecule has 1 aromatic heterocycles. The van der Waals surface area contributed by atoms with Crippen LogP contribution in [-0.4, -0.2) is 29.8 Å². The van der Waals surface area contributed by atoms with Crippen LogP contribution in [0.2, 0.25) is 0 Å². The monoisotopic (exact) mass is 456 g/mol. The molecule has 6 heteroatoms. The van der Waals surface area contributed by atoms with Crippen molar-refractivity contribution in [1.82, 2.24) is 4.90 Å². The number of nitrogens with zero attached hydrogens (tertiary/aromatic N) is 1. The maximum atomic E-state index is 14.2. The molecule has 1 aromatic carbocycles. The van der Waals surface area contributed by atoms with E-state index in [9.17, 15) is 14.0 Å². The summed E-state index contributed by atoms with van der Waals surface area (Å²) in [6, 6.07) is 5.97. The van der Waals surface area contributed by atoms with Crippen molar-refractivity contribution in [3.63, 3.8) is 0 Å². The number of carbonyl (C=O) groups excluding carboxylic acids is 2. The number of anilines is 1. The predicted octanol–water partition coefficient (Wildman–Crippen LogP) is 6.16. The van der Waals surface area contributed by atoms with E-state index in [1.807, 2.05) is 4.90 Å². The van der Waals surface area contributed by atoms with E-state index < -0.39 is 11.7 Å². The summed E-state index contributed by atoms with van der Waals surface area (Å²) in [5, 5.41) is 3.47. The Morgan fingerprint density at radius 1 is 1.19 bits per heavy atom. The standard InChI is InChI=1S/C26H33FN2O2S/c1-16-8-7-13-29(15-16)25(31)22-19-12-11-17(26(2,3)4)14-21(19)32-24(22)28-23(30)18-9-5-6-10-20(18)27/h5-6,9-10,16-17H,7-8,11-15H2,1-4H3,(H,28,30). The van der Waals surface area contributed by atoms with E-state index in [2.05, 4.69) is 33.0 Å². The van der Waals surface area contributed by atoms with Gasteiger partial charge >= 0.3 is 0 Å². The number of hydrogen-bond acceptors (Lipinski definition) is 3. The Bertz CT molecular complexity index is 1020. The molecular weight excluding hydrogens is 423 g/mol. The van der Waals surface area contributed by atoms with Crippen LogP contribution in [0.15, 0.2) is 24.3 Å². The number of amides is 2. The van der Waals surface area contributed by atoms with Crippen LogP contribution in [0.25, 0.3) is 0 Å². The molecule has 0 radical (unpaired) electrons. The molecule has 2 aliphatic rings. The molecule has 2 atom stereocenters. The summed E-state index contributed by atoms with van der Waals surface area (Å²) >= 11 is 1.50. The zero-order valence-corrected chi connectivity index (χ0v) is 20.3. The molecule has 1 saturated heterocycles. The van der Waals surface area contributed by atoms with Gasteiger partial charge in [0.1, 0.15) is 10.8 Å². The molecule has 2 unspecified atom stereocenters. The maximum absolute atomic E-state index is 14.2. The summed E-state index contributed by atoms with van der Waals surface area (Å²) in [4.78, 5) is 29.7. The van der Waals surface area contributed by atoms with Gasteiger partial charge in [-0.25, -0.2) is 4.39 Å². The lowest BCUT2D eigenvalue weighted by Gasteiger charge is -2.34. The lowest BCUT2D eigenvalue weighted by molar-refractivity contribution is 0.0683. The van der Waals surface area contributed by atoms with E-state index in [0.29, 0.717) is 22.4 Å². The van der Waals surface area contributed by atoms with E-state index in [1.165, 1.54) is 28.3 Å². The quantitative estimate of drug-likeness (QED) is 0.601. The fraction of sp³-hybridized carbons (Fsp3) is 0.538. The Kier molecular flexibility index (Phi) is 6.44. The second-order valence-corrected chi connectivity index (χ2v) is 11.6. The summed E-state index contributed by atoms with van der Waals surface area (Å²) in [6.45, 7) is 10.5. The van der Waals surface area contributed by atoms with E-state index in [1.54, 1.807) is 12.1 Å². The third kappa shape index (κ3) is 4.61. The van der Waals surface area contributed by atoms with Crippen molar-refractivity contribution < 1.29 is 14.0 Å². The molecule has 172 valence electrons. The number of fused-ring (bicyclic) bond motifs is 1. The second-order valence-electron chi connectivity index (χ2n) is 10.4. The lowest BCUT2D eigenvalue weighted by atomic mass is 9.72. The first kappa shape index (κ1) is 23.0. The van der Waals surface area contributed by atoms with Crippen molar-refractivity contribution in [3.8, 4) is 0 Å². The van der Waals surface area contributed by atoms with Crippen LogP contribution < -0.4 is 5.32 Å². The van der Waals surface area contributed by atoms with Crippen LogP contribution in [-0.2, 0) is 12.8 Å². The van der Waals surface area contributed by atoms with E-state index in [4.69, 9.17) is 0 Å². The van der Waals surface area contributed by atoms with Gasteiger partial charge in [0.15, 0.2) is 0 Å². The SMILES string of the molecule is CC1CCCN(C(=O)c2c(NC(=O)c3ccccc3F)sc3c2CCC(C(C)(C)C)C3)C1. The Hall–Kier alpha value is -2.21. The minimum atomic E-state index is -0.558. The van der Waals surface area contributed by atoms with Gasteiger partial charge in [-0.15, -0.1) is 11.3 Å². The van der Waals surface area contributed by atoms with Crippen molar-refractivity contribution in [2.75, 3.05) is 18.4 Å². The van der Waals surface area contributed by atoms with Crippen molar-refractivity contribution >= 4 is 28.2 Å². The predicted molar refractivity (Wildman–Crippen MR) is 128 cm³/mol. The molecule has 2 amide bonds. The average molecular weight is 457 g/mol. The minimum Gasteiger partial charge on any atom is -0.338 e. The maximum Gasteiger partial charge on any atom is 0.259 e. The van der Waals surface area contributed by atoms with Gasteiger partial charge in [-0.2, -0.15) is 0 Å². The first-order valence-corrected chi connectivity index (χ1v) is 12.5. The van der Waals surface area contributed by atoms with Gasteiger partial charge in [0.2, 0.25) is 0 Å². The average Bonchev–Trinajstić information content (AvgIpc) is 3.09. The second kappa shape index (κ2) is 8.97. The smallest absolute Gasteiger partial charge is 0.259 e. The number of hydrogen-bond donors (Lipinski definition) is 1. The van der Waals surface area contributed by atoms with Crippen LogP contribution in [0.5, 0.6) is 0 Å². The van der Waals surface area contributed by atoms with Crippen LogP contribution in [0, 0.1) is 23.1 Å². The number of benzene rings is 1. The van der Waals surface area contributed by atoms with Crippen LogP contribution in [0.4, 0.5) is 9.39 Å². The van der Waals surface area contributed by atoms with Gasteiger partial charge in [0.25, 0.3) is 11.8 Å². The highest BCUT2D eigenvalue weighted by Crippen LogP contribution is 2.45. The molecule has 1 N–H and O–H groups in total. The summed E-state index contributed by atoms with van der Waals surface area (Å²) in [5.41, 5.74) is 1.90. The Morgan fingerprint density at radius 2 is 1.94 bits per heavy atom. The highest BCUT2D eigenvalue weighted by molar-refractivity contribution is 7.17. The topological polar surface area (TPSA) is 49.4 Å². The Morgan fingerprint density at radius 3 is 2.62 bits per heavy atom. The molecule has 0 spiro atoms. The summed E-state index contributed by atoms with van der Waals surface area (Å²) in [7, 11) is 0. The van der Waals surface area contributed by atoms with Gasteiger partial charge < -0.3 is 10.2 Å². The number of nitrogens with one attached hydrogen (secondary N) is 1. The molecule has 1 fully saturated rings. The third-order valence-corrected chi connectivity index (χ3v) is 8.16. The van der Waals surface area contributed by atoms with Crippen molar-refractivity contribution in [3.05, 3.63) is 51.7 Å². The number of halogens is 1. The largest absolute Gasteiger partial charge is 0.338 e. The molecule has 2 heterocycles. The summed E-state index contributed by atoms with van der Waals surface area (Å²) < 4.78 is 14.2. The number of carbonyl (C=O) groups is 2. The highest BCUT2D eigenvalue weighted by atomic mass is 32.1. The van der Waals surface area contributed by atoms with E-state index in [0.717, 1.165) is 50.8 Å². The molecule has 32 heavy (non-hydrogen) atoms. The molecule has 0 saturated carbocycles. The number of thiophene rings is 1. The first-order valence-electron chi connectivity index (χ1n) is 11.6. The van der Waals surface area contributed by atoms with Gasteiger partial charge in [-0.05, 0) is 67.1 Å². The highest BCUT2D eigenvalue weighted by Gasteiger charge is 2.36. The van der Waals surface area contributed by atoms with Crippen LogP contribution in [0.3, 0.4) is 0 Å². The van der Waals surface area contributed by atoms with Crippen molar-refractivity contribution in [2.24, 2.45) is 17.3 Å². The van der Waals surface area contributed by atoms with Crippen LogP contribution in [0.1, 0.15) is 78.1 Å². The lowest BCUT2D eigenvalue weighted by Crippen LogP contribution is -2.39. The molecular formula is C26H33FN2O2S. The molecule has 2 aromatic rings. The number of rotatable bonds is 3. The van der Waals surface area contributed by atoms with Gasteiger partial charge in [0, 0.05) is 18.0 Å². The summed E-state index contributed by atoms with van der Waals surface area (Å²) in [6.07, 6.45) is 4.92. The normalized spacial score (nSPS) is 21.2. The zero-order chi connectivity index (χ0) is 23.0. The summed E-state index contributed by atoms with van der Waals surface area (Å²) in [5.74, 6) is -0.0512. The number of piperidine rings is 1. The zero-order valence-electron chi connectivity index (χ0n) is 19.5. The minimum absolute atomic E-state index is 0.00330. The molecule has 4 nitrogen and oxygen atoms in total. The molecule has 4 rings (SSSR count). The van der Waals surface area contributed by atoms with E-state index >= 15 is 0 Å². The van der Waals surface area contributed by atoms with Gasteiger partial charge in [0.05, 0.1) is 11.1 Å². The van der Waals surface area contributed by atoms with Gasteiger partial charge in [-0.3, -0.25) is 9.59 Å². The Balaban J connectivity index is 1.70. The van der Waals surface area contributed by atoms with Crippen molar-refractivity contribution in [1.29, 1.82) is 0 Å². The van der Waals surface area contributed by atoms with Crippen LogP contribution >= 0.6 is 11.3 Å². The fourth-order valence-corrected chi connectivity index (χ4v) is 6.30. The Labute approximate surface area is 194 Å². The fourth-order valence-electron chi connectivity index (χ4n) is 4.99. The van der Waals surface area contributed by atoms with Gasteiger partial charge in [-0.1, -0.05) is 39.8 Å². The third-order valence-electron chi connectivity index (χ3n) is 6.99.